The van der Waals surface area contributed by atoms with Crippen LogP contribution >= 0.6 is 0 Å². The molecule has 2 heteroatoms. The van der Waals surface area contributed by atoms with E-state index >= 15 is 0 Å². The average Bonchev–Trinajstić information content (AvgIpc) is 3.69. The minimum atomic E-state index is -0.651. The number of anilines is 6. The van der Waals surface area contributed by atoms with E-state index < -0.39 is 5.41 Å². The number of hydrogen-bond donors (Lipinski definition) is 0. The van der Waals surface area contributed by atoms with Gasteiger partial charge in [-0.1, -0.05) is 182 Å². The van der Waals surface area contributed by atoms with Crippen LogP contribution in [0.1, 0.15) is 33.4 Å². The lowest BCUT2D eigenvalue weighted by molar-refractivity contribution is 0.783. The van der Waals surface area contributed by atoms with Crippen molar-refractivity contribution in [2.45, 2.75) is 19.3 Å². The molecule has 308 valence electrons. The second kappa shape index (κ2) is 15.6. The minimum absolute atomic E-state index is 0.651. The fraction of sp³-hybridized carbons (Fsp3) is 0.0476. The molecule has 2 nitrogen and oxygen atoms in total. The second-order valence-corrected chi connectivity index (χ2v) is 17.3. The Balaban J connectivity index is 1.18. The largest absolute Gasteiger partial charge is 0.310 e. The maximum absolute atomic E-state index is 2.44. The smallest absolute Gasteiger partial charge is 0.0725 e. The van der Waals surface area contributed by atoms with Gasteiger partial charge >= 0.3 is 0 Å². The third-order valence-electron chi connectivity index (χ3n) is 13.7. The molecule has 11 aromatic rings. The van der Waals surface area contributed by atoms with Crippen LogP contribution in [0.4, 0.5) is 34.1 Å². The molecule has 65 heavy (non-hydrogen) atoms. The van der Waals surface area contributed by atoms with E-state index in [0.29, 0.717) is 0 Å². The van der Waals surface area contributed by atoms with Gasteiger partial charge in [0.1, 0.15) is 0 Å². The zero-order chi connectivity index (χ0) is 43.5. The molecule has 0 saturated heterocycles. The highest BCUT2D eigenvalue weighted by Crippen LogP contribution is 2.62. The van der Waals surface area contributed by atoms with Crippen molar-refractivity contribution in [1.29, 1.82) is 0 Å². The lowest BCUT2D eigenvalue weighted by atomic mass is 9.65. The van der Waals surface area contributed by atoms with Crippen LogP contribution in [0.15, 0.2) is 243 Å². The van der Waals surface area contributed by atoms with Crippen molar-refractivity contribution in [2.75, 3.05) is 9.80 Å². The molecule has 0 heterocycles. The van der Waals surface area contributed by atoms with Gasteiger partial charge in [0, 0.05) is 34.1 Å². The van der Waals surface area contributed by atoms with Gasteiger partial charge in [-0.25, -0.2) is 0 Å². The van der Waals surface area contributed by atoms with E-state index in [2.05, 4.69) is 266 Å². The van der Waals surface area contributed by atoms with Crippen LogP contribution in [-0.4, -0.2) is 0 Å². The number of nitrogens with zero attached hydrogens (tertiary/aromatic N) is 2. The molecule has 0 radical (unpaired) electrons. The summed E-state index contributed by atoms with van der Waals surface area (Å²) in [6.07, 6.45) is 0. The highest BCUT2D eigenvalue weighted by Gasteiger charge is 2.49. The first-order valence-corrected chi connectivity index (χ1v) is 22.6. The summed E-state index contributed by atoms with van der Waals surface area (Å²) in [5.74, 6) is 0. The van der Waals surface area contributed by atoms with Gasteiger partial charge in [0.05, 0.1) is 5.41 Å². The molecule has 0 amide bonds. The first-order valence-electron chi connectivity index (χ1n) is 22.6. The normalized spacial score (nSPS) is 12.6. The lowest BCUT2D eigenvalue weighted by Gasteiger charge is -2.36. The van der Waals surface area contributed by atoms with Crippen LogP contribution in [0.25, 0.3) is 43.4 Å². The Bertz CT molecular complexity index is 3520. The Morgan fingerprint density at radius 1 is 0.308 bits per heavy atom. The van der Waals surface area contributed by atoms with Crippen molar-refractivity contribution < 1.29 is 0 Å². The first-order chi connectivity index (χ1) is 32.1. The van der Waals surface area contributed by atoms with Gasteiger partial charge in [0.15, 0.2) is 0 Å². The van der Waals surface area contributed by atoms with Crippen molar-refractivity contribution >= 4 is 66.4 Å². The maximum atomic E-state index is 2.44. The third-order valence-corrected chi connectivity index (χ3v) is 13.7. The number of fused-ring (bicyclic) bond motifs is 10. The number of hydrogen-bond acceptors (Lipinski definition) is 2. The fourth-order valence-corrected chi connectivity index (χ4v) is 10.9. The summed E-state index contributed by atoms with van der Waals surface area (Å²) in [5, 5.41) is 7.44. The standard InChI is InChI=1S/C63H46N2/c1-43-21-15-19-33-58(43)64(48-27-11-5-12-28-48)50-36-39-52-45(41-50)35-38-56-60-54-32-18-17-31-53(54)57-42-51(65(49-29-13-6-14-30-49)59-34-20-16-22-44(59)2)37-40-55(57)62(60)63(61(52)56,46-23-7-3-8-24-46)47-25-9-4-10-26-47/h3-42H,1-2H3. The van der Waals surface area contributed by atoms with Gasteiger partial charge < -0.3 is 9.80 Å². The zero-order valence-corrected chi connectivity index (χ0v) is 36.5. The van der Waals surface area contributed by atoms with E-state index in [1.807, 2.05) is 0 Å². The molecule has 0 unspecified atom stereocenters. The van der Waals surface area contributed by atoms with Crippen LogP contribution in [-0.2, 0) is 5.41 Å². The Hall–Kier alpha value is -8.20. The minimum Gasteiger partial charge on any atom is -0.310 e. The SMILES string of the molecule is Cc1ccccc1N(c1ccccc1)c1ccc2c3c(ccc2c1)-c1c(c2ccc(N(c4ccccc4)c4ccccc4C)cc2c2ccccc12)C3(c1ccccc1)c1ccccc1. The van der Waals surface area contributed by atoms with E-state index in [0.717, 1.165) is 28.4 Å². The van der Waals surface area contributed by atoms with Gasteiger partial charge in [-0.05, 0) is 151 Å². The summed E-state index contributed by atoms with van der Waals surface area (Å²) in [6, 6.07) is 89.6. The monoisotopic (exact) mass is 830 g/mol. The number of rotatable bonds is 8. The molecular formula is C63H46N2. The average molecular weight is 831 g/mol. The molecule has 0 atom stereocenters. The second-order valence-electron chi connectivity index (χ2n) is 17.3. The van der Waals surface area contributed by atoms with Gasteiger partial charge in [-0.3, -0.25) is 0 Å². The molecule has 0 saturated carbocycles. The number of benzene rings is 11. The summed E-state index contributed by atoms with van der Waals surface area (Å²) in [7, 11) is 0. The van der Waals surface area contributed by atoms with Crippen LogP contribution in [0.2, 0.25) is 0 Å². The van der Waals surface area contributed by atoms with Crippen LogP contribution < -0.4 is 9.80 Å². The summed E-state index contributed by atoms with van der Waals surface area (Å²) in [4.78, 5) is 4.81. The van der Waals surface area contributed by atoms with Gasteiger partial charge in [-0.2, -0.15) is 0 Å². The number of aryl methyl sites for hydroxylation is 2. The highest BCUT2D eigenvalue weighted by molar-refractivity contribution is 6.21. The predicted molar refractivity (Wildman–Crippen MR) is 275 cm³/mol. The van der Waals surface area contributed by atoms with Gasteiger partial charge in [0.25, 0.3) is 0 Å². The van der Waals surface area contributed by atoms with Crippen LogP contribution in [0, 0.1) is 13.8 Å². The molecule has 12 rings (SSSR count). The topological polar surface area (TPSA) is 6.48 Å². The van der Waals surface area contributed by atoms with Crippen molar-refractivity contribution in [3.63, 3.8) is 0 Å². The van der Waals surface area contributed by atoms with E-state index in [9.17, 15) is 0 Å². The summed E-state index contributed by atoms with van der Waals surface area (Å²) in [6.45, 7) is 4.40. The summed E-state index contributed by atoms with van der Waals surface area (Å²) < 4.78 is 0. The Kier molecular flexibility index (Phi) is 9.21. The van der Waals surface area contributed by atoms with Gasteiger partial charge in [-0.15, -0.1) is 0 Å². The Morgan fingerprint density at radius 3 is 1.32 bits per heavy atom. The van der Waals surface area contributed by atoms with Crippen LogP contribution in [0.5, 0.6) is 0 Å². The first kappa shape index (κ1) is 38.5. The Labute approximate surface area is 380 Å². The zero-order valence-electron chi connectivity index (χ0n) is 36.5. The quantitative estimate of drug-likeness (QED) is 0.141. The molecule has 0 bridgehead atoms. The lowest BCUT2D eigenvalue weighted by Crippen LogP contribution is -2.29. The van der Waals surface area contributed by atoms with Crippen molar-refractivity contribution in [1.82, 2.24) is 0 Å². The van der Waals surface area contributed by atoms with E-state index in [-0.39, 0.29) is 0 Å². The summed E-state index contributed by atoms with van der Waals surface area (Å²) >= 11 is 0. The number of para-hydroxylation sites is 4. The van der Waals surface area contributed by atoms with Crippen molar-refractivity contribution in [3.8, 4) is 11.1 Å². The molecule has 0 aromatic heterocycles. The predicted octanol–water partition coefficient (Wildman–Crippen LogP) is 17.1. The molecule has 1 aliphatic carbocycles. The van der Waals surface area contributed by atoms with Crippen molar-refractivity contribution in [2.24, 2.45) is 0 Å². The highest BCUT2D eigenvalue weighted by atomic mass is 15.1. The molecule has 0 N–H and O–H groups in total. The van der Waals surface area contributed by atoms with E-state index in [4.69, 9.17) is 0 Å². The molecule has 11 aromatic carbocycles. The Morgan fingerprint density at radius 2 is 0.769 bits per heavy atom. The van der Waals surface area contributed by atoms with Crippen molar-refractivity contribution in [3.05, 3.63) is 276 Å². The third kappa shape index (κ3) is 6.02. The molecule has 0 aliphatic heterocycles. The van der Waals surface area contributed by atoms with Crippen LogP contribution in [0.3, 0.4) is 0 Å². The summed E-state index contributed by atoms with van der Waals surface area (Å²) in [5.41, 5.74) is 16.4. The molecule has 0 spiro atoms. The fourth-order valence-electron chi connectivity index (χ4n) is 10.9. The molecular weight excluding hydrogens is 785 g/mol. The van der Waals surface area contributed by atoms with Gasteiger partial charge in [0.2, 0.25) is 0 Å². The maximum Gasteiger partial charge on any atom is 0.0725 e. The molecule has 1 aliphatic rings. The molecule has 0 fully saturated rings. The van der Waals surface area contributed by atoms with E-state index in [1.54, 1.807) is 0 Å². The van der Waals surface area contributed by atoms with E-state index in [1.165, 1.54) is 82.5 Å².